The van der Waals surface area contributed by atoms with E-state index in [4.69, 9.17) is 4.74 Å². The minimum Gasteiger partial charge on any atom is -0.497 e. The van der Waals surface area contributed by atoms with Gasteiger partial charge in [0, 0.05) is 25.9 Å². The van der Waals surface area contributed by atoms with Crippen molar-refractivity contribution in [1.29, 1.82) is 0 Å². The summed E-state index contributed by atoms with van der Waals surface area (Å²) in [6.07, 6.45) is 4.64. The van der Waals surface area contributed by atoms with Crippen LogP contribution in [0.1, 0.15) is 40.5 Å². The lowest BCUT2D eigenvalue weighted by atomic mass is 9.93. The molecule has 1 atom stereocenters. The van der Waals surface area contributed by atoms with E-state index in [0.29, 0.717) is 11.3 Å². The number of fused-ring (bicyclic) bond motifs is 1. The smallest absolute Gasteiger partial charge is 0.251 e. The Bertz CT molecular complexity index is 813. The average Bonchev–Trinajstić information content (AvgIpc) is 3.05. The van der Waals surface area contributed by atoms with Gasteiger partial charge >= 0.3 is 0 Å². The molecular formula is C19H24N4O3. The normalized spacial score (nSPS) is 15.9. The van der Waals surface area contributed by atoms with Crippen LogP contribution in [0.25, 0.3) is 0 Å². The summed E-state index contributed by atoms with van der Waals surface area (Å²) in [5.74, 6) is 0.482. The van der Waals surface area contributed by atoms with E-state index in [-0.39, 0.29) is 24.4 Å². The number of hydrogen-bond donors (Lipinski definition) is 1. The van der Waals surface area contributed by atoms with Gasteiger partial charge in [-0.25, -0.2) is 0 Å². The zero-order valence-corrected chi connectivity index (χ0v) is 15.4. The molecule has 1 aliphatic rings. The van der Waals surface area contributed by atoms with E-state index in [0.717, 1.165) is 30.5 Å². The number of methoxy groups -OCH3 is 1. The third kappa shape index (κ3) is 3.87. The highest BCUT2D eigenvalue weighted by molar-refractivity contribution is 5.94. The molecule has 2 amide bonds. The van der Waals surface area contributed by atoms with E-state index in [1.807, 2.05) is 6.20 Å². The van der Waals surface area contributed by atoms with Gasteiger partial charge in [-0.3, -0.25) is 14.3 Å². The zero-order chi connectivity index (χ0) is 18.7. The molecule has 3 rings (SSSR count). The van der Waals surface area contributed by atoms with Gasteiger partial charge in [0.25, 0.3) is 5.91 Å². The fourth-order valence-corrected chi connectivity index (χ4v) is 3.10. The topological polar surface area (TPSA) is 76.5 Å². The summed E-state index contributed by atoms with van der Waals surface area (Å²) >= 11 is 0. The number of ether oxygens (including phenoxy) is 1. The molecule has 26 heavy (non-hydrogen) atoms. The molecule has 0 saturated heterocycles. The number of nitrogens with one attached hydrogen (secondary N) is 1. The van der Waals surface area contributed by atoms with Gasteiger partial charge in [0.05, 0.1) is 18.8 Å². The Hall–Kier alpha value is -2.83. The summed E-state index contributed by atoms with van der Waals surface area (Å²) in [4.78, 5) is 26.1. The fraction of sp³-hybridized carbons (Fsp3) is 0.421. The van der Waals surface area contributed by atoms with Gasteiger partial charge in [-0.15, -0.1) is 0 Å². The van der Waals surface area contributed by atoms with Gasteiger partial charge in [0.1, 0.15) is 12.3 Å². The summed E-state index contributed by atoms with van der Waals surface area (Å²) in [6.45, 7) is 0.205. The lowest BCUT2D eigenvalue weighted by Gasteiger charge is -2.22. The number of aromatic nitrogens is 2. The van der Waals surface area contributed by atoms with Crippen LogP contribution >= 0.6 is 0 Å². The Balaban J connectivity index is 1.75. The summed E-state index contributed by atoms with van der Waals surface area (Å²) < 4.78 is 6.85. The molecule has 0 aliphatic heterocycles. The summed E-state index contributed by atoms with van der Waals surface area (Å²) in [5, 5.41) is 7.63. The van der Waals surface area contributed by atoms with Crippen LogP contribution in [0.5, 0.6) is 5.75 Å². The van der Waals surface area contributed by atoms with E-state index < -0.39 is 0 Å². The predicted octanol–water partition coefficient (Wildman–Crippen LogP) is 1.79. The van der Waals surface area contributed by atoms with Crippen LogP contribution in [-0.2, 0) is 17.8 Å². The monoisotopic (exact) mass is 356 g/mol. The zero-order valence-electron chi connectivity index (χ0n) is 15.4. The molecule has 1 heterocycles. The molecule has 1 N–H and O–H groups in total. The number of likely N-dealkylation sites (N-methyl/N-ethyl adjacent to an activating group) is 1. The number of rotatable bonds is 5. The van der Waals surface area contributed by atoms with Crippen molar-refractivity contribution in [3.8, 4) is 5.75 Å². The van der Waals surface area contributed by atoms with Crippen molar-refractivity contribution in [3.05, 3.63) is 47.3 Å². The van der Waals surface area contributed by atoms with Gasteiger partial charge in [-0.05, 0) is 43.0 Å². The molecule has 0 fully saturated rings. The Morgan fingerprint density at radius 1 is 1.38 bits per heavy atom. The van der Waals surface area contributed by atoms with Crippen LogP contribution in [-0.4, -0.2) is 47.7 Å². The third-order valence-electron chi connectivity index (χ3n) is 4.57. The largest absolute Gasteiger partial charge is 0.497 e. The highest BCUT2D eigenvalue weighted by atomic mass is 16.5. The van der Waals surface area contributed by atoms with Crippen molar-refractivity contribution in [2.75, 3.05) is 21.2 Å². The lowest BCUT2D eigenvalue weighted by Crippen LogP contribution is -2.31. The Labute approximate surface area is 152 Å². The maximum atomic E-state index is 12.6. The second-order valence-electron chi connectivity index (χ2n) is 6.68. The summed E-state index contributed by atoms with van der Waals surface area (Å²) in [7, 11) is 5.03. The van der Waals surface area contributed by atoms with Gasteiger partial charge in [-0.2, -0.15) is 5.10 Å². The predicted molar refractivity (Wildman–Crippen MR) is 97.1 cm³/mol. The second-order valence-corrected chi connectivity index (χ2v) is 6.68. The SMILES string of the molecule is COc1cccc(C(=O)NC2CCCc3cn(CC(=O)N(C)C)nc32)c1. The van der Waals surface area contributed by atoms with Crippen LogP contribution in [0.4, 0.5) is 0 Å². The van der Waals surface area contributed by atoms with Crippen LogP contribution < -0.4 is 10.1 Å². The number of carbonyl (C=O) groups excluding carboxylic acids is 2. The van der Waals surface area contributed by atoms with Crippen LogP contribution in [0, 0.1) is 0 Å². The van der Waals surface area contributed by atoms with Crippen LogP contribution in [0.3, 0.4) is 0 Å². The third-order valence-corrected chi connectivity index (χ3v) is 4.57. The van der Waals surface area contributed by atoms with Crippen molar-refractivity contribution < 1.29 is 14.3 Å². The van der Waals surface area contributed by atoms with Crippen molar-refractivity contribution in [1.82, 2.24) is 20.0 Å². The quantitative estimate of drug-likeness (QED) is 0.886. The standard InChI is InChI=1S/C19H24N4O3/c1-22(2)17(24)12-23-11-14-7-5-9-16(18(14)21-23)20-19(25)13-6-4-8-15(10-13)26-3/h4,6,8,10-11,16H,5,7,9,12H2,1-3H3,(H,20,25). The minimum atomic E-state index is -0.152. The highest BCUT2D eigenvalue weighted by Crippen LogP contribution is 2.29. The molecule has 1 unspecified atom stereocenters. The molecular weight excluding hydrogens is 332 g/mol. The number of nitrogens with zero attached hydrogens (tertiary/aromatic N) is 3. The van der Waals surface area contributed by atoms with Crippen molar-refractivity contribution in [2.45, 2.75) is 31.8 Å². The number of amides is 2. The molecule has 7 nitrogen and oxygen atoms in total. The minimum absolute atomic E-state index is 0.0122. The first-order chi connectivity index (χ1) is 12.5. The number of benzene rings is 1. The fourth-order valence-electron chi connectivity index (χ4n) is 3.10. The van der Waals surface area contributed by atoms with Crippen molar-refractivity contribution in [2.24, 2.45) is 0 Å². The maximum Gasteiger partial charge on any atom is 0.251 e. The Morgan fingerprint density at radius 3 is 2.92 bits per heavy atom. The number of carbonyl (C=O) groups is 2. The van der Waals surface area contributed by atoms with E-state index >= 15 is 0 Å². The molecule has 0 saturated carbocycles. The molecule has 0 spiro atoms. The van der Waals surface area contributed by atoms with E-state index in [9.17, 15) is 9.59 Å². The Kier molecular flexibility index (Phi) is 5.25. The van der Waals surface area contributed by atoms with E-state index in [2.05, 4.69) is 10.4 Å². The average molecular weight is 356 g/mol. The van der Waals surface area contributed by atoms with E-state index in [1.165, 1.54) is 0 Å². The molecule has 138 valence electrons. The van der Waals surface area contributed by atoms with Crippen LogP contribution in [0.2, 0.25) is 0 Å². The van der Waals surface area contributed by atoms with Crippen molar-refractivity contribution in [3.63, 3.8) is 0 Å². The van der Waals surface area contributed by atoms with Gasteiger partial charge in [-0.1, -0.05) is 6.07 Å². The van der Waals surface area contributed by atoms with E-state index in [1.54, 1.807) is 55.1 Å². The van der Waals surface area contributed by atoms with Gasteiger partial charge in [0.15, 0.2) is 0 Å². The molecule has 0 bridgehead atoms. The first-order valence-corrected chi connectivity index (χ1v) is 8.69. The molecule has 0 radical (unpaired) electrons. The molecule has 1 aliphatic carbocycles. The first-order valence-electron chi connectivity index (χ1n) is 8.69. The number of hydrogen-bond acceptors (Lipinski definition) is 4. The van der Waals surface area contributed by atoms with Crippen molar-refractivity contribution >= 4 is 11.8 Å². The molecule has 2 aromatic rings. The van der Waals surface area contributed by atoms with Gasteiger partial charge in [0.2, 0.25) is 5.91 Å². The second kappa shape index (κ2) is 7.59. The Morgan fingerprint density at radius 2 is 2.19 bits per heavy atom. The molecule has 7 heteroatoms. The first kappa shape index (κ1) is 18.0. The summed E-state index contributed by atoms with van der Waals surface area (Å²) in [5.41, 5.74) is 2.51. The number of aryl methyl sites for hydroxylation is 1. The lowest BCUT2D eigenvalue weighted by molar-refractivity contribution is -0.129. The summed E-state index contributed by atoms with van der Waals surface area (Å²) in [6, 6.07) is 6.93. The van der Waals surface area contributed by atoms with Crippen LogP contribution in [0.15, 0.2) is 30.5 Å². The van der Waals surface area contributed by atoms with Gasteiger partial charge < -0.3 is 15.0 Å². The molecule has 1 aromatic heterocycles. The molecule has 1 aromatic carbocycles. The highest BCUT2D eigenvalue weighted by Gasteiger charge is 2.26. The maximum absolute atomic E-state index is 12.6.